The van der Waals surface area contributed by atoms with Crippen molar-refractivity contribution in [3.8, 4) is 0 Å². The summed E-state index contributed by atoms with van der Waals surface area (Å²) >= 11 is 0. The number of likely N-dealkylation sites (N-methyl/N-ethyl adjacent to an activating group) is 1. The fourth-order valence-corrected chi connectivity index (χ4v) is 4.26. The quantitative estimate of drug-likeness (QED) is 0.791. The summed E-state index contributed by atoms with van der Waals surface area (Å²) in [6.45, 7) is 8.00. The molecule has 2 saturated heterocycles. The first-order valence-corrected chi connectivity index (χ1v) is 9.75. The Kier molecular flexibility index (Phi) is 6.82. The van der Waals surface area contributed by atoms with Crippen molar-refractivity contribution in [3.63, 3.8) is 0 Å². The molecule has 2 heterocycles. The smallest absolute Gasteiger partial charge is 0.123 e. The summed E-state index contributed by atoms with van der Waals surface area (Å²) in [6.07, 6.45) is 4.85. The molecular weight excluding hydrogens is 315 g/mol. The van der Waals surface area contributed by atoms with Gasteiger partial charge in [0, 0.05) is 38.3 Å². The second kappa shape index (κ2) is 9.08. The number of hydrazine groups is 1. The predicted molar refractivity (Wildman–Crippen MR) is 101 cm³/mol. The van der Waals surface area contributed by atoms with E-state index in [1.54, 1.807) is 12.1 Å². The van der Waals surface area contributed by atoms with Crippen molar-refractivity contribution in [2.75, 3.05) is 39.8 Å². The Morgan fingerprint density at radius 2 is 2.00 bits per heavy atom. The van der Waals surface area contributed by atoms with Crippen LogP contribution in [0.4, 0.5) is 4.39 Å². The van der Waals surface area contributed by atoms with Crippen LogP contribution in [-0.4, -0.2) is 61.7 Å². The lowest BCUT2D eigenvalue weighted by molar-refractivity contribution is 0.141. The monoisotopic (exact) mass is 348 g/mol. The van der Waals surface area contributed by atoms with Gasteiger partial charge in [-0.05, 0) is 69.8 Å². The predicted octanol–water partition coefficient (Wildman–Crippen LogP) is 2.27. The third kappa shape index (κ3) is 6.03. The van der Waals surface area contributed by atoms with Gasteiger partial charge < -0.3 is 9.80 Å². The Hall–Kier alpha value is -1.01. The lowest BCUT2D eigenvalue weighted by Gasteiger charge is -2.35. The largest absolute Gasteiger partial charge is 0.304 e. The van der Waals surface area contributed by atoms with Crippen LogP contribution >= 0.6 is 0 Å². The molecule has 1 aromatic rings. The zero-order chi connectivity index (χ0) is 17.6. The molecule has 5 heteroatoms. The number of likely N-dealkylation sites (tertiary alicyclic amines) is 1. The van der Waals surface area contributed by atoms with Gasteiger partial charge in [0.1, 0.15) is 5.82 Å². The van der Waals surface area contributed by atoms with Crippen molar-refractivity contribution in [1.29, 1.82) is 0 Å². The molecule has 2 aliphatic rings. The number of halogens is 1. The Bertz CT molecular complexity index is 521. The van der Waals surface area contributed by atoms with E-state index < -0.39 is 0 Å². The standard InChI is InChI=1S/C20H33FN4/c1-16-12-20(23-22-16)15-24(2)13-18-4-3-10-25(14-18)11-9-17-5-7-19(21)8-6-17/h5-8,16,18,20,22-23H,3-4,9-15H2,1-2H3. The van der Waals surface area contributed by atoms with Gasteiger partial charge in [0.2, 0.25) is 0 Å². The van der Waals surface area contributed by atoms with E-state index in [9.17, 15) is 4.39 Å². The first kappa shape index (κ1) is 18.8. The van der Waals surface area contributed by atoms with Crippen LogP contribution < -0.4 is 10.9 Å². The molecule has 1 aromatic carbocycles. The van der Waals surface area contributed by atoms with Crippen molar-refractivity contribution in [1.82, 2.24) is 20.7 Å². The first-order chi connectivity index (χ1) is 12.1. The van der Waals surface area contributed by atoms with Crippen LogP contribution in [0.1, 0.15) is 31.7 Å². The number of nitrogens with one attached hydrogen (secondary N) is 2. The van der Waals surface area contributed by atoms with Gasteiger partial charge in [-0.25, -0.2) is 4.39 Å². The van der Waals surface area contributed by atoms with Crippen molar-refractivity contribution in [3.05, 3.63) is 35.6 Å². The molecule has 2 aliphatic heterocycles. The maximum atomic E-state index is 13.0. The van der Waals surface area contributed by atoms with E-state index in [2.05, 4.69) is 34.6 Å². The van der Waals surface area contributed by atoms with Gasteiger partial charge in [-0.3, -0.25) is 10.9 Å². The molecule has 2 N–H and O–H groups in total. The average Bonchev–Trinajstić information content (AvgIpc) is 2.99. The number of hydrogen-bond donors (Lipinski definition) is 2. The topological polar surface area (TPSA) is 30.5 Å². The summed E-state index contributed by atoms with van der Waals surface area (Å²) in [7, 11) is 2.25. The highest BCUT2D eigenvalue weighted by molar-refractivity contribution is 5.16. The van der Waals surface area contributed by atoms with Crippen LogP contribution in [0.15, 0.2) is 24.3 Å². The summed E-state index contributed by atoms with van der Waals surface area (Å²) in [6, 6.07) is 8.10. The molecule has 0 radical (unpaired) electrons. The third-order valence-corrected chi connectivity index (χ3v) is 5.51. The van der Waals surface area contributed by atoms with Crippen LogP contribution in [0.5, 0.6) is 0 Å². The molecular formula is C20H33FN4. The molecule has 2 fully saturated rings. The molecule has 3 rings (SSSR count). The van der Waals surface area contributed by atoms with E-state index in [-0.39, 0.29) is 5.82 Å². The molecule has 0 bridgehead atoms. The average molecular weight is 349 g/mol. The van der Waals surface area contributed by atoms with Gasteiger partial charge in [-0.15, -0.1) is 0 Å². The second-order valence-electron chi connectivity index (χ2n) is 8.03. The Morgan fingerprint density at radius 3 is 2.72 bits per heavy atom. The van der Waals surface area contributed by atoms with Gasteiger partial charge in [-0.1, -0.05) is 12.1 Å². The fraction of sp³-hybridized carbons (Fsp3) is 0.700. The number of hydrogen-bond acceptors (Lipinski definition) is 4. The Balaban J connectivity index is 1.39. The molecule has 0 amide bonds. The SMILES string of the molecule is CC1CC(CN(C)CC2CCCN(CCc3ccc(F)cc3)C2)NN1. The van der Waals surface area contributed by atoms with Crippen molar-refractivity contribution >= 4 is 0 Å². The van der Waals surface area contributed by atoms with Crippen LogP contribution in [-0.2, 0) is 6.42 Å². The van der Waals surface area contributed by atoms with E-state index in [1.165, 1.54) is 44.5 Å². The highest BCUT2D eigenvalue weighted by Crippen LogP contribution is 2.18. The molecule has 25 heavy (non-hydrogen) atoms. The molecule has 0 spiro atoms. The lowest BCUT2D eigenvalue weighted by atomic mass is 9.96. The van der Waals surface area contributed by atoms with Gasteiger partial charge in [0.25, 0.3) is 0 Å². The van der Waals surface area contributed by atoms with Crippen LogP contribution in [0.25, 0.3) is 0 Å². The molecule has 0 aliphatic carbocycles. The molecule has 4 nitrogen and oxygen atoms in total. The van der Waals surface area contributed by atoms with E-state index >= 15 is 0 Å². The summed E-state index contributed by atoms with van der Waals surface area (Å²) < 4.78 is 13.0. The molecule has 140 valence electrons. The molecule has 3 atom stereocenters. The summed E-state index contributed by atoms with van der Waals surface area (Å²) in [5, 5.41) is 0. The van der Waals surface area contributed by atoms with Crippen LogP contribution in [0, 0.1) is 11.7 Å². The van der Waals surface area contributed by atoms with Crippen molar-refractivity contribution in [2.45, 2.75) is 44.7 Å². The number of piperidine rings is 1. The zero-order valence-corrected chi connectivity index (χ0v) is 15.7. The van der Waals surface area contributed by atoms with Gasteiger partial charge >= 0.3 is 0 Å². The van der Waals surface area contributed by atoms with E-state index in [4.69, 9.17) is 0 Å². The minimum absolute atomic E-state index is 0.147. The maximum absolute atomic E-state index is 13.0. The lowest BCUT2D eigenvalue weighted by Crippen LogP contribution is -2.44. The van der Waals surface area contributed by atoms with Crippen molar-refractivity contribution in [2.24, 2.45) is 5.92 Å². The molecule has 3 unspecified atom stereocenters. The summed E-state index contributed by atoms with van der Waals surface area (Å²) in [5.74, 6) is 0.616. The van der Waals surface area contributed by atoms with E-state index in [0.717, 1.165) is 25.4 Å². The third-order valence-electron chi connectivity index (χ3n) is 5.51. The minimum Gasteiger partial charge on any atom is -0.304 e. The normalized spacial score (nSPS) is 27.9. The fourth-order valence-electron chi connectivity index (χ4n) is 4.26. The highest BCUT2D eigenvalue weighted by Gasteiger charge is 2.24. The van der Waals surface area contributed by atoms with Gasteiger partial charge in [0.15, 0.2) is 0 Å². The van der Waals surface area contributed by atoms with Crippen molar-refractivity contribution < 1.29 is 4.39 Å². The maximum Gasteiger partial charge on any atom is 0.123 e. The van der Waals surface area contributed by atoms with Crippen LogP contribution in [0.2, 0.25) is 0 Å². The number of rotatable bonds is 7. The second-order valence-corrected chi connectivity index (χ2v) is 8.03. The summed E-state index contributed by atoms with van der Waals surface area (Å²) in [4.78, 5) is 5.08. The first-order valence-electron chi connectivity index (χ1n) is 9.75. The number of nitrogens with zero attached hydrogens (tertiary/aromatic N) is 2. The van der Waals surface area contributed by atoms with E-state index in [1.807, 2.05) is 12.1 Å². The highest BCUT2D eigenvalue weighted by atomic mass is 19.1. The Labute approximate surface area is 151 Å². The van der Waals surface area contributed by atoms with Gasteiger partial charge in [0.05, 0.1) is 0 Å². The molecule has 0 aromatic heterocycles. The Morgan fingerprint density at radius 1 is 1.20 bits per heavy atom. The zero-order valence-electron chi connectivity index (χ0n) is 15.7. The molecule has 0 saturated carbocycles. The number of benzene rings is 1. The summed E-state index contributed by atoms with van der Waals surface area (Å²) in [5.41, 5.74) is 7.94. The van der Waals surface area contributed by atoms with E-state index in [0.29, 0.717) is 12.1 Å². The van der Waals surface area contributed by atoms with Crippen LogP contribution in [0.3, 0.4) is 0 Å². The van der Waals surface area contributed by atoms with Gasteiger partial charge in [-0.2, -0.15) is 0 Å². The minimum atomic E-state index is -0.147.